The highest BCUT2D eigenvalue weighted by Gasteiger charge is 2.37. The molecule has 3 aliphatic rings. The molecule has 4 nitrogen and oxygen atoms in total. The molecule has 1 fully saturated rings. The van der Waals surface area contributed by atoms with Crippen molar-refractivity contribution in [1.82, 2.24) is 0 Å². The van der Waals surface area contributed by atoms with Crippen LogP contribution in [-0.2, 0) is 45.2 Å². The van der Waals surface area contributed by atoms with Crippen LogP contribution in [-0.4, -0.2) is 0 Å². The number of benzene rings is 8. The van der Waals surface area contributed by atoms with Gasteiger partial charge >= 0.3 is 0 Å². The predicted molar refractivity (Wildman–Crippen MR) is 300 cm³/mol. The van der Waals surface area contributed by atoms with Crippen LogP contribution in [0.5, 0.6) is 23.0 Å². The zero-order valence-corrected chi connectivity index (χ0v) is 44.1. The first-order valence-electron chi connectivity index (χ1n) is 27.0. The molecule has 8 aromatic carbocycles. The maximum absolute atomic E-state index is 7.48. The van der Waals surface area contributed by atoms with Crippen molar-refractivity contribution in [3.8, 4) is 45.5 Å². The van der Waals surface area contributed by atoms with Gasteiger partial charge in [0.25, 0.3) is 0 Å². The number of pyridine rings is 2. The number of ether oxygens (including phenoxy) is 2. The van der Waals surface area contributed by atoms with Gasteiger partial charge in [0.05, 0.1) is 21.9 Å². The molecule has 0 N–H and O–H groups in total. The first-order valence-corrected chi connectivity index (χ1v) is 27.0. The van der Waals surface area contributed by atoms with Gasteiger partial charge in [-0.25, -0.2) is 9.13 Å². The molecule has 1 aliphatic carbocycles. The predicted octanol–water partition coefficient (Wildman–Crippen LogP) is 17.1. The van der Waals surface area contributed by atoms with Gasteiger partial charge in [-0.05, 0) is 146 Å². The highest BCUT2D eigenvalue weighted by atomic mass is 16.5. The monoisotopic (exact) mass is 945 g/mol. The summed E-state index contributed by atoms with van der Waals surface area (Å²) in [6, 6.07) is 39.5. The van der Waals surface area contributed by atoms with Gasteiger partial charge < -0.3 is 9.47 Å². The van der Waals surface area contributed by atoms with Gasteiger partial charge in [0, 0.05) is 34.0 Å². The molecule has 0 amide bonds. The van der Waals surface area contributed by atoms with E-state index in [0.717, 1.165) is 54.6 Å². The highest BCUT2D eigenvalue weighted by Crippen LogP contribution is 2.55. The van der Waals surface area contributed by atoms with Crippen LogP contribution in [0.2, 0.25) is 0 Å². The van der Waals surface area contributed by atoms with E-state index in [1.807, 2.05) is 0 Å². The number of nitrogens with zero attached hydrogens (tertiary/aromatic N) is 2. The van der Waals surface area contributed by atoms with E-state index in [1.165, 1.54) is 152 Å². The second kappa shape index (κ2) is 16.6. The maximum atomic E-state index is 7.48. The normalized spacial score (nSPS) is 14.8. The Bertz CT molecular complexity index is 3960. The Morgan fingerprint density at radius 1 is 0.542 bits per heavy atom. The largest absolute Gasteiger partial charge is 0.455 e. The van der Waals surface area contributed by atoms with Crippen molar-refractivity contribution in [2.24, 2.45) is 31.8 Å². The lowest BCUT2D eigenvalue weighted by atomic mass is 9.79. The Balaban J connectivity index is 0.950. The molecule has 1 saturated carbocycles. The quantitative estimate of drug-likeness (QED) is 0.112. The number of fused-ring (bicyclic) bond motifs is 10. The first-order chi connectivity index (χ1) is 34.7. The molecule has 360 valence electrons. The number of hydrogen-bond acceptors (Lipinski definition) is 2. The lowest BCUT2D eigenvalue weighted by Gasteiger charge is -2.28. The third kappa shape index (κ3) is 6.91. The molecule has 10 aromatic rings. The van der Waals surface area contributed by atoms with E-state index in [-0.39, 0.29) is 5.41 Å². The van der Waals surface area contributed by atoms with Crippen molar-refractivity contribution in [2.75, 3.05) is 0 Å². The number of hydrogen-bond donors (Lipinski definition) is 0. The third-order valence-electron chi connectivity index (χ3n) is 17.2. The molecule has 72 heavy (non-hydrogen) atoms. The third-order valence-corrected chi connectivity index (χ3v) is 17.2. The second-order valence-corrected chi connectivity index (χ2v) is 23.8. The fourth-order valence-electron chi connectivity index (χ4n) is 13.9. The number of aromatic nitrogens is 2. The van der Waals surface area contributed by atoms with Crippen LogP contribution >= 0.6 is 0 Å². The van der Waals surface area contributed by atoms with Gasteiger partial charge in [-0.1, -0.05) is 146 Å². The lowest BCUT2D eigenvalue weighted by molar-refractivity contribution is -0.659. The van der Waals surface area contributed by atoms with Crippen molar-refractivity contribution >= 4 is 64.6 Å². The van der Waals surface area contributed by atoms with Crippen molar-refractivity contribution in [3.63, 3.8) is 0 Å². The Morgan fingerprint density at radius 3 is 1.64 bits per heavy atom. The van der Waals surface area contributed by atoms with E-state index in [2.05, 4.69) is 194 Å². The molecule has 2 aromatic heterocycles. The lowest BCUT2D eigenvalue weighted by Crippen LogP contribution is -2.32. The molecule has 0 radical (unpaired) electrons. The average molecular weight is 945 g/mol. The topological polar surface area (TPSA) is 26.2 Å². The second-order valence-electron chi connectivity index (χ2n) is 23.8. The summed E-state index contributed by atoms with van der Waals surface area (Å²) in [5, 5.41) is 15.4. The summed E-state index contributed by atoms with van der Waals surface area (Å²) >= 11 is 0. The van der Waals surface area contributed by atoms with Gasteiger partial charge in [0.2, 0.25) is 11.4 Å². The minimum absolute atomic E-state index is 0.104. The Labute approximate surface area is 425 Å². The fraction of sp³-hybridized carbons (Fsp3) is 0.324. The number of rotatable bonds is 8. The minimum Gasteiger partial charge on any atom is -0.455 e. The molecule has 4 heteroatoms. The Morgan fingerprint density at radius 2 is 1.07 bits per heavy atom. The van der Waals surface area contributed by atoms with Crippen LogP contribution in [0.15, 0.2) is 116 Å². The maximum Gasteiger partial charge on any atom is 0.228 e. The zero-order valence-electron chi connectivity index (χ0n) is 44.1. The van der Waals surface area contributed by atoms with E-state index >= 15 is 0 Å². The molecule has 4 heterocycles. The first kappa shape index (κ1) is 45.1. The van der Waals surface area contributed by atoms with Crippen molar-refractivity contribution < 1.29 is 18.6 Å². The standard InChI is InChI=1S/C68H68N2O2/c1-38(2)30-55-47-23-15-13-21-45(47)40(4)60-65-63-51(27-29-70(65)10)53-34-43(35-57(68(6,7)8)54(53)37-59(63)72-66(55)60)31-39(3)32-56-48-24-16-14-22-46(48)41(5)61-64-62-50(26-28-69(64)9)49-25-17-20-44(33-42-18-11-12-19-42)52(49)36-58(62)71-67(56)61/h13-17,20-29,34-39,42H,11-12,18-19,30-33H2,1-10H3/q+2. The SMILES string of the molecule is Cc1c2c(c(CC(C)Cc3cc(C(C)(C)C)c4cc5c6c([n+](C)ccc6c4c3)-c3c(c(CC(C)C)c4ccccc4c3C)O5)c3ccccc13)Oc1cc3c(CC4CCCC4)cccc3c3cc[n+](C)c-2c13. The van der Waals surface area contributed by atoms with Gasteiger partial charge in [-0.2, -0.15) is 0 Å². The van der Waals surface area contributed by atoms with Gasteiger partial charge in [-0.3, -0.25) is 0 Å². The van der Waals surface area contributed by atoms with E-state index in [9.17, 15) is 0 Å². The smallest absolute Gasteiger partial charge is 0.228 e. The average Bonchev–Trinajstić information content (AvgIpc) is 3.88. The summed E-state index contributed by atoms with van der Waals surface area (Å²) in [6.45, 7) is 18.8. The van der Waals surface area contributed by atoms with Crippen LogP contribution in [0.1, 0.15) is 106 Å². The molecule has 1 unspecified atom stereocenters. The summed E-state index contributed by atoms with van der Waals surface area (Å²) < 4.78 is 19.5. The van der Waals surface area contributed by atoms with E-state index in [1.54, 1.807) is 0 Å². The molecule has 13 rings (SSSR count). The van der Waals surface area contributed by atoms with Crippen molar-refractivity contribution in [1.29, 1.82) is 0 Å². The summed E-state index contributed by atoms with van der Waals surface area (Å²) in [6.07, 6.45) is 13.9. The zero-order chi connectivity index (χ0) is 49.5. The van der Waals surface area contributed by atoms with Gasteiger partial charge in [0.15, 0.2) is 12.4 Å². The van der Waals surface area contributed by atoms with Gasteiger partial charge in [0.1, 0.15) is 37.1 Å². The Hall–Kier alpha value is -6.78. The van der Waals surface area contributed by atoms with Crippen LogP contribution in [0, 0.1) is 31.6 Å². The van der Waals surface area contributed by atoms with Crippen LogP contribution in [0.4, 0.5) is 0 Å². The summed E-state index contributed by atoms with van der Waals surface area (Å²) in [5.74, 6) is 5.57. The fourth-order valence-corrected chi connectivity index (χ4v) is 13.9. The van der Waals surface area contributed by atoms with Crippen LogP contribution in [0.25, 0.3) is 87.1 Å². The number of aryl methyl sites for hydroxylation is 4. The Kier molecular flexibility index (Phi) is 10.4. The molecule has 1 atom stereocenters. The van der Waals surface area contributed by atoms with Crippen LogP contribution < -0.4 is 18.6 Å². The molecular weight excluding hydrogens is 877 g/mol. The van der Waals surface area contributed by atoms with E-state index < -0.39 is 0 Å². The molecule has 2 aliphatic heterocycles. The van der Waals surface area contributed by atoms with Gasteiger partial charge in [-0.15, -0.1) is 0 Å². The summed E-state index contributed by atoms with van der Waals surface area (Å²) in [7, 11) is 4.43. The molecule has 0 bridgehead atoms. The molecule has 0 spiro atoms. The van der Waals surface area contributed by atoms with E-state index in [0.29, 0.717) is 11.8 Å². The minimum atomic E-state index is -0.104. The molecular formula is C68H68N2O2+2. The van der Waals surface area contributed by atoms with E-state index in [4.69, 9.17) is 9.47 Å². The van der Waals surface area contributed by atoms with Crippen LogP contribution in [0.3, 0.4) is 0 Å². The van der Waals surface area contributed by atoms with Crippen molar-refractivity contribution in [2.45, 2.75) is 112 Å². The summed E-state index contributed by atoms with van der Waals surface area (Å²) in [4.78, 5) is 0. The molecule has 0 saturated heterocycles. The van der Waals surface area contributed by atoms with Crippen molar-refractivity contribution in [3.05, 3.63) is 154 Å². The summed E-state index contributed by atoms with van der Waals surface area (Å²) in [5.41, 5.74) is 14.2. The highest BCUT2D eigenvalue weighted by molar-refractivity contribution is 6.18.